The van der Waals surface area contributed by atoms with Gasteiger partial charge in [0, 0.05) is 0 Å². The third-order valence-corrected chi connectivity index (χ3v) is 3.12. The van der Waals surface area contributed by atoms with Gasteiger partial charge in [-0.1, -0.05) is 19.1 Å². The van der Waals surface area contributed by atoms with E-state index in [0.717, 1.165) is 5.01 Å². The van der Waals surface area contributed by atoms with Crippen LogP contribution in [0.2, 0.25) is 0 Å². The van der Waals surface area contributed by atoms with Gasteiger partial charge in [0.2, 0.25) is 0 Å². The van der Waals surface area contributed by atoms with Crippen LogP contribution in [-0.2, 0) is 4.79 Å². The van der Waals surface area contributed by atoms with Crippen LogP contribution in [0.1, 0.15) is 25.8 Å². The molecule has 5 nitrogen and oxygen atoms in total. The Bertz CT molecular complexity index is 559. The van der Waals surface area contributed by atoms with Crippen LogP contribution in [0.15, 0.2) is 29.4 Å². The van der Waals surface area contributed by atoms with Crippen LogP contribution in [0.5, 0.6) is 0 Å². The highest BCUT2D eigenvalue weighted by atomic mass is 19.1. The van der Waals surface area contributed by atoms with Crippen molar-refractivity contribution < 1.29 is 14.0 Å². The number of urea groups is 1. The lowest BCUT2D eigenvalue weighted by atomic mass is 10.00. The summed E-state index contributed by atoms with van der Waals surface area (Å²) in [7, 11) is 0. The lowest BCUT2D eigenvalue weighted by molar-refractivity contribution is -0.130. The molecular formula is C13H14FN3O2. The Hall–Kier alpha value is -2.24. The Labute approximate surface area is 110 Å². The topological polar surface area (TPSA) is 61.8 Å². The van der Waals surface area contributed by atoms with Crippen molar-refractivity contribution in [3.63, 3.8) is 0 Å². The van der Waals surface area contributed by atoms with E-state index in [1.54, 1.807) is 19.9 Å². The second kappa shape index (κ2) is 4.79. The van der Waals surface area contributed by atoms with Crippen molar-refractivity contribution >= 4 is 18.2 Å². The molecule has 1 aromatic carbocycles. The molecule has 1 atom stereocenters. The maximum absolute atomic E-state index is 13.0. The third kappa shape index (κ3) is 2.47. The number of amides is 3. The first-order valence-electron chi connectivity index (χ1n) is 5.92. The van der Waals surface area contributed by atoms with Crippen LogP contribution in [0.4, 0.5) is 9.18 Å². The molecule has 100 valence electrons. The van der Waals surface area contributed by atoms with Crippen LogP contribution >= 0.6 is 0 Å². The molecule has 2 rings (SSSR count). The fourth-order valence-corrected chi connectivity index (χ4v) is 1.72. The standard InChI is InChI=1S/C13H14FN3O2/c1-3-13(2)11(18)17(12(19)16-13)15-8-9-5-4-6-10(14)7-9/h4-8H,3H2,1-2H3,(H,16,19)/b15-8-/t13-/m0/s1. The smallest absolute Gasteiger partial charge is 0.322 e. The van der Waals surface area contributed by atoms with Gasteiger partial charge in [-0.3, -0.25) is 4.79 Å². The molecule has 0 unspecified atom stereocenters. The number of rotatable bonds is 3. The summed E-state index contributed by atoms with van der Waals surface area (Å²) in [5, 5.41) is 7.17. The molecule has 1 saturated heterocycles. The number of benzene rings is 1. The average molecular weight is 263 g/mol. The summed E-state index contributed by atoms with van der Waals surface area (Å²) in [6, 6.07) is 5.16. The monoisotopic (exact) mass is 263 g/mol. The third-order valence-electron chi connectivity index (χ3n) is 3.12. The van der Waals surface area contributed by atoms with Crippen molar-refractivity contribution in [1.29, 1.82) is 0 Å². The van der Waals surface area contributed by atoms with Crippen molar-refractivity contribution in [3.05, 3.63) is 35.6 Å². The molecule has 3 amide bonds. The molecule has 1 aromatic rings. The molecule has 0 bridgehead atoms. The molecule has 19 heavy (non-hydrogen) atoms. The quantitative estimate of drug-likeness (QED) is 0.668. The molecule has 0 aromatic heterocycles. The zero-order valence-electron chi connectivity index (χ0n) is 10.7. The summed E-state index contributed by atoms with van der Waals surface area (Å²) < 4.78 is 13.0. The van der Waals surface area contributed by atoms with E-state index < -0.39 is 23.3 Å². The van der Waals surface area contributed by atoms with Gasteiger partial charge in [0.15, 0.2) is 0 Å². The second-order valence-corrected chi connectivity index (χ2v) is 4.53. The second-order valence-electron chi connectivity index (χ2n) is 4.53. The zero-order valence-corrected chi connectivity index (χ0v) is 10.7. The summed E-state index contributed by atoms with van der Waals surface area (Å²) in [6.07, 6.45) is 1.76. The minimum absolute atomic E-state index is 0.403. The normalized spacial score (nSPS) is 23.2. The first-order chi connectivity index (χ1) is 8.96. The van der Waals surface area contributed by atoms with Crippen molar-refractivity contribution in [2.75, 3.05) is 0 Å². The highest BCUT2D eigenvalue weighted by Gasteiger charge is 2.46. The Morgan fingerprint density at radius 3 is 2.79 bits per heavy atom. The number of imide groups is 1. The number of hydrazone groups is 1. The van der Waals surface area contributed by atoms with Gasteiger partial charge in [0.1, 0.15) is 11.4 Å². The van der Waals surface area contributed by atoms with E-state index in [-0.39, 0.29) is 0 Å². The van der Waals surface area contributed by atoms with E-state index in [1.807, 2.05) is 0 Å². The summed E-state index contributed by atoms with van der Waals surface area (Å²) in [4.78, 5) is 23.7. The molecule has 0 spiro atoms. The first kappa shape index (κ1) is 13.2. The molecule has 0 saturated carbocycles. The van der Waals surface area contributed by atoms with Crippen molar-refractivity contribution in [1.82, 2.24) is 10.3 Å². The van der Waals surface area contributed by atoms with E-state index in [0.29, 0.717) is 12.0 Å². The molecule has 1 aliphatic heterocycles. The lowest BCUT2D eigenvalue weighted by Crippen LogP contribution is -2.42. The molecule has 0 aliphatic carbocycles. The maximum atomic E-state index is 13.0. The van der Waals surface area contributed by atoms with Crippen LogP contribution in [-0.4, -0.2) is 28.7 Å². The Morgan fingerprint density at radius 2 is 2.21 bits per heavy atom. The predicted molar refractivity (Wildman–Crippen MR) is 68.1 cm³/mol. The minimum atomic E-state index is -0.920. The predicted octanol–water partition coefficient (Wildman–Crippen LogP) is 1.88. The number of nitrogens with one attached hydrogen (secondary N) is 1. The highest BCUT2D eigenvalue weighted by Crippen LogP contribution is 2.20. The first-order valence-corrected chi connectivity index (χ1v) is 5.92. The van der Waals surface area contributed by atoms with Gasteiger partial charge in [-0.15, -0.1) is 5.01 Å². The van der Waals surface area contributed by atoms with Gasteiger partial charge < -0.3 is 5.32 Å². The number of halogens is 1. The van der Waals surface area contributed by atoms with E-state index in [2.05, 4.69) is 10.4 Å². The number of nitrogens with zero attached hydrogens (tertiary/aromatic N) is 2. The Morgan fingerprint density at radius 1 is 1.47 bits per heavy atom. The fourth-order valence-electron chi connectivity index (χ4n) is 1.72. The summed E-state index contributed by atoms with van der Waals surface area (Å²) in [5.41, 5.74) is -0.443. The number of carbonyl (C=O) groups excluding carboxylic acids is 2. The Kier molecular flexibility index (Phi) is 3.33. The van der Waals surface area contributed by atoms with Crippen LogP contribution in [0, 0.1) is 5.82 Å². The summed E-state index contributed by atoms with van der Waals surface area (Å²) in [5.74, 6) is -0.813. The van der Waals surface area contributed by atoms with Crippen molar-refractivity contribution in [2.45, 2.75) is 25.8 Å². The summed E-state index contributed by atoms with van der Waals surface area (Å²) in [6.45, 7) is 3.45. The van der Waals surface area contributed by atoms with Crippen molar-refractivity contribution in [2.24, 2.45) is 5.10 Å². The van der Waals surface area contributed by atoms with Gasteiger partial charge in [0.25, 0.3) is 5.91 Å². The fraction of sp³-hybridized carbons (Fsp3) is 0.308. The van der Waals surface area contributed by atoms with Crippen molar-refractivity contribution in [3.8, 4) is 0 Å². The van der Waals surface area contributed by atoms with Crippen LogP contribution in [0.25, 0.3) is 0 Å². The largest absolute Gasteiger partial charge is 0.346 e. The number of carbonyl (C=O) groups is 2. The molecule has 1 heterocycles. The number of hydrogen-bond donors (Lipinski definition) is 1. The molecule has 1 fully saturated rings. The Balaban J connectivity index is 2.20. The van der Waals surface area contributed by atoms with Crippen LogP contribution in [0.3, 0.4) is 0 Å². The van der Waals surface area contributed by atoms with Crippen LogP contribution < -0.4 is 5.32 Å². The minimum Gasteiger partial charge on any atom is -0.322 e. The molecule has 1 aliphatic rings. The molecule has 1 N–H and O–H groups in total. The van der Waals surface area contributed by atoms with E-state index in [1.165, 1.54) is 24.4 Å². The molecule has 6 heteroatoms. The van der Waals surface area contributed by atoms with E-state index in [4.69, 9.17) is 0 Å². The van der Waals surface area contributed by atoms with Gasteiger partial charge in [-0.05, 0) is 31.0 Å². The average Bonchev–Trinajstić information content (AvgIpc) is 2.59. The van der Waals surface area contributed by atoms with Gasteiger partial charge in [0.05, 0.1) is 6.21 Å². The van der Waals surface area contributed by atoms with Gasteiger partial charge in [-0.25, -0.2) is 9.18 Å². The summed E-state index contributed by atoms with van der Waals surface area (Å²) >= 11 is 0. The molecular weight excluding hydrogens is 249 g/mol. The lowest BCUT2D eigenvalue weighted by Gasteiger charge is -2.17. The molecule has 0 radical (unpaired) electrons. The number of hydrogen-bond acceptors (Lipinski definition) is 3. The van der Waals surface area contributed by atoms with Gasteiger partial charge >= 0.3 is 6.03 Å². The highest BCUT2D eigenvalue weighted by molar-refractivity contribution is 6.07. The maximum Gasteiger partial charge on any atom is 0.346 e. The zero-order chi connectivity index (χ0) is 14.0. The van der Waals surface area contributed by atoms with Gasteiger partial charge in [-0.2, -0.15) is 5.10 Å². The van der Waals surface area contributed by atoms with E-state index >= 15 is 0 Å². The SMILES string of the molecule is CC[C@]1(C)NC(=O)N(/N=C\c2cccc(F)c2)C1=O. The van der Waals surface area contributed by atoms with E-state index in [9.17, 15) is 14.0 Å².